The first kappa shape index (κ1) is 15.9. The minimum atomic E-state index is -0.208. The van der Waals surface area contributed by atoms with Gasteiger partial charge in [-0.15, -0.1) is 0 Å². The molecule has 2 aliphatic heterocycles. The molecule has 0 unspecified atom stereocenters. The predicted octanol–water partition coefficient (Wildman–Crippen LogP) is 4.29. The molecule has 4 rings (SSSR count). The van der Waals surface area contributed by atoms with Crippen molar-refractivity contribution in [3.63, 3.8) is 0 Å². The number of anilines is 1. The van der Waals surface area contributed by atoms with Crippen LogP contribution in [0, 0.1) is 5.92 Å². The van der Waals surface area contributed by atoms with Crippen LogP contribution >= 0.6 is 23.2 Å². The van der Waals surface area contributed by atoms with Crippen molar-refractivity contribution in [3.05, 3.63) is 58.3 Å². The number of hydrogen-bond acceptors (Lipinski definition) is 3. The third-order valence-corrected chi connectivity index (χ3v) is 5.59. The second kappa shape index (κ2) is 6.36. The number of nitrogens with one attached hydrogen (secondary N) is 1. The number of carbonyl (C=O) groups excluding carboxylic acids is 1. The standard InChI is InChI=1S/C18H16Cl2N2O2/c19-12-2-1-11(9-13(12)20)22-18(23)17-15-4-3-14(24-15)16(17)10-5-7-21-8-6-10/h1-2,5-9,14-17H,3-4H2,(H,22,23)/t14-,15+,16-,17-/m1/s1. The van der Waals surface area contributed by atoms with E-state index in [2.05, 4.69) is 10.3 Å². The third-order valence-electron chi connectivity index (χ3n) is 4.85. The number of ether oxygens (including phenoxy) is 1. The van der Waals surface area contributed by atoms with Crippen LogP contribution in [0.15, 0.2) is 42.7 Å². The number of nitrogens with zero attached hydrogens (tertiary/aromatic N) is 1. The van der Waals surface area contributed by atoms with Crippen LogP contribution in [0.5, 0.6) is 0 Å². The molecule has 1 aromatic carbocycles. The van der Waals surface area contributed by atoms with Gasteiger partial charge in [-0.25, -0.2) is 0 Å². The van der Waals surface area contributed by atoms with Crippen molar-refractivity contribution in [2.75, 3.05) is 5.32 Å². The Balaban J connectivity index is 1.59. The zero-order valence-corrected chi connectivity index (χ0v) is 14.3. The largest absolute Gasteiger partial charge is 0.373 e. The van der Waals surface area contributed by atoms with Gasteiger partial charge < -0.3 is 10.1 Å². The van der Waals surface area contributed by atoms with Crippen molar-refractivity contribution in [1.29, 1.82) is 0 Å². The number of rotatable bonds is 3. The summed E-state index contributed by atoms with van der Waals surface area (Å²) in [5, 5.41) is 3.84. The molecule has 2 aliphatic rings. The summed E-state index contributed by atoms with van der Waals surface area (Å²) in [5.41, 5.74) is 1.75. The number of hydrogen-bond donors (Lipinski definition) is 1. The Morgan fingerprint density at radius 2 is 1.83 bits per heavy atom. The van der Waals surface area contributed by atoms with Crippen molar-refractivity contribution < 1.29 is 9.53 Å². The molecule has 0 radical (unpaired) electrons. The lowest BCUT2D eigenvalue weighted by Crippen LogP contribution is -2.36. The molecule has 24 heavy (non-hydrogen) atoms. The molecule has 6 heteroatoms. The Bertz CT molecular complexity index is 769. The van der Waals surface area contributed by atoms with Crippen molar-refractivity contribution in [1.82, 2.24) is 4.98 Å². The maximum atomic E-state index is 12.9. The summed E-state index contributed by atoms with van der Waals surface area (Å²) in [5.74, 6) is -0.183. The summed E-state index contributed by atoms with van der Waals surface area (Å²) in [6.07, 6.45) is 5.50. The van der Waals surface area contributed by atoms with E-state index in [1.54, 1.807) is 30.6 Å². The van der Waals surface area contributed by atoms with Gasteiger partial charge in [-0.3, -0.25) is 9.78 Å². The average molecular weight is 363 g/mol. The first-order valence-electron chi connectivity index (χ1n) is 7.95. The van der Waals surface area contributed by atoms with Gasteiger partial charge in [0.25, 0.3) is 0 Å². The van der Waals surface area contributed by atoms with Crippen LogP contribution in [0.25, 0.3) is 0 Å². The summed E-state index contributed by atoms with van der Waals surface area (Å²) in [6, 6.07) is 9.03. The average Bonchev–Trinajstić information content (AvgIpc) is 3.20. The van der Waals surface area contributed by atoms with Gasteiger partial charge in [0.05, 0.1) is 28.2 Å². The van der Waals surface area contributed by atoms with E-state index >= 15 is 0 Å². The van der Waals surface area contributed by atoms with Gasteiger partial charge in [-0.2, -0.15) is 0 Å². The molecule has 4 atom stereocenters. The van der Waals surface area contributed by atoms with Gasteiger partial charge in [0.1, 0.15) is 0 Å². The molecule has 3 heterocycles. The van der Waals surface area contributed by atoms with Crippen molar-refractivity contribution in [3.8, 4) is 0 Å². The first-order valence-corrected chi connectivity index (χ1v) is 8.70. The summed E-state index contributed by atoms with van der Waals surface area (Å²) in [7, 11) is 0. The van der Waals surface area contributed by atoms with E-state index in [4.69, 9.17) is 27.9 Å². The van der Waals surface area contributed by atoms with Crippen LogP contribution in [-0.2, 0) is 9.53 Å². The van der Waals surface area contributed by atoms with Crippen LogP contribution < -0.4 is 5.32 Å². The molecule has 1 N–H and O–H groups in total. The van der Waals surface area contributed by atoms with Crippen LogP contribution in [-0.4, -0.2) is 23.1 Å². The second-order valence-electron chi connectivity index (χ2n) is 6.24. The monoisotopic (exact) mass is 362 g/mol. The van der Waals surface area contributed by atoms with Crippen molar-refractivity contribution in [2.24, 2.45) is 5.92 Å². The Hall–Kier alpha value is -1.62. The van der Waals surface area contributed by atoms with Crippen LogP contribution in [0.2, 0.25) is 10.0 Å². The van der Waals surface area contributed by atoms with Gasteiger partial charge in [-0.05, 0) is 48.7 Å². The highest BCUT2D eigenvalue weighted by Crippen LogP contribution is 2.49. The molecule has 2 saturated heterocycles. The number of aromatic nitrogens is 1. The molecule has 2 fully saturated rings. The van der Waals surface area contributed by atoms with Gasteiger partial charge in [0, 0.05) is 24.0 Å². The summed E-state index contributed by atoms with van der Waals surface area (Å²) in [6.45, 7) is 0. The summed E-state index contributed by atoms with van der Waals surface area (Å²) in [4.78, 5) is 17.0. The molecule has 124 valence electrons. The molecule has 2 aromatic rings. The lowest BCUT2D eigenvalue weighted by molar-refractivity contribution is -0.121. The van der Waals surface area contributed by atoms with E-state index in [1.165, 1.54) is 0 Å². The van der Waals surface area contributed by atoms with E-state index in [0.717, 1.165) is 18.4 Å². The van der Waals surface area contributed by atoms with Crippen molar-refractivity contribution in [2.45, 2.75) is 31.0 Å². The van der Waals surface area contributed by atoms with Crippen molar-refractivity contribution >= 4 is 34.8 Å². The minimum Gasteiger partial charge on any atom is -0.373 e. The fourth-order valence-electron chi connectivity index (χ4n) is 3.82. The van der Waals surface area contributed by atoms with Gasteiger partial charge in [-0.1, -0.05) is 23.2 Å². The Morgan fingerprint density at radius 3 is 2.58 bits per heavy atom. The molecule has 1 aromatic heterocycles. The highest BCUT2D eigenvalue weighted by Gasteiger charge is 2.52. The fourth-order valence-corrected chi connectivity index (χ4v) is 4.12. The SMILES string of the molecule is O=C(Nc1ccc(Cl)c(Cl)c1)[C@H]1[C@H](c2ccncc2)[C@H]2CC[C@@H]1O2. The summed E-state index contributed by atoms with van der Waals surface area (Å²) < 4.78 is 6.03. The van der Waals surface area contributed by atoms with Crippen LogP contribution in [0.4, 0.5) is 5.69 Å². The van der Waals surface area contributed by atoms with E-state index in [1.807, 2.05) is 12.1 Å². The lowest BCUT2D eigenvalue weighted by atomic mass is 9.75. The first-order chi connectivity index (χ1) is 11.6. The smallest absolute Gasteiger partial charge is 0.230 e. The normalized spacial score (nSPS) is 28.1. The number of amides is 1. The highest BCUT2D eigenvalue weighted by molar-refractivity contribution is 6.42. The molecule has 0 spiro atoms. The van der Waals surface area contributed by atoms with Crippen LogP contribution in [0.3, 0.4) is 0 Å². The zero-order valence-electron chi connectivity index (χ0n) is 12.8. The van der Waals surface area contributed by atoms with Gasteiger partial charge in [0.15, 0.2) is 0 Å². The second-order valence-corrected chi connectivity index (χ2v) is 7.05. The maximum absolute atomic E-state index is 12.9. The highest BCUT2D eigenvalue weighted by atomic mass is 35.5. The molecule has 0 saturated carbocycles. The third kappa shape index (κ3) is 2.79. The summed E-state index contributed by atoms with van der Waals surface area (Å²) >= 11 is 12.0. The molecular weight excluding hydrogens is 347 g/mol. The quantitative estimate of drug-likeness (QED) is 0.885. The molecule has 2 bridgehead atoms. The van der Waals surface area contributed by atoms with E-state index in [-0.39, 0.29) is 30.0 Å². The number of carbonyl (C=O) groups is 1. The predicted molar refractivity (Wildman–Crippen MR) is 93.5 cm³/mol. The Morgan fingerprint density at radius 1 is 1.08 bits per heavy atom. The zero-order chi connectivity index (χ0) is 16.7. The fraction of sp³-hybridized carbons (Fsp3) is 0.333. The Labute approximate surface area is 150 Å². The van der Waals surface area contributed by atoms with E-state index in [9.17, 15) is 4.79 Å². The maximum Gasteiger partial charge on any atom is 0.230 e. The number of pyridine rings is 1. The molecule has 0 aliphatic carbocycles. The number of halogens is 2. The lowest BCUT2D eigenvalue weighted by Gasteiger charge is -2.27. The molecule has 1 amide bonds. The minimum absolute atomic E-state index is 0.0315. The van der Waals surface area contributed by atoms with Crippen LogP contribution in [0.1, 0.15) is 24.3 Å². The molecule has 4 nitrogen and oxygen atoms in total. The van der Waals surface area contributed by atoms with Gasteiger partial charge in [0.2, 0.25) is 5.91 Å². The number of fused-ring (bicyclic) bond motifs is 2. The van der Waals surface area contributed by atoms with E-state index < -0.39 is 0 Å². The Kier molecular flexibility index (Phi) is 4.21. The van der Waals surface area contributed by atoms with E-state index in [0.29, 0.717) is 15.7 Å². The molecular formula is C18H16Cl2N2O2. The van der Waals surface area contributed by atoms with Gasteiger partial charge >= 0.3 is 0 Å². The topological polar surface area (TPSA) is 51.2 Å². The number of benzene rings is 1.